The molecule has 0 fully saturated rings. The van der Waals surface area contributed by atoms with Gasteiger partial charge < -0.3 is 0 Å². The lowest BCUT2D eigenvalue weighted by Crippen LogP contribution is -1.94. The summed E-state index contributed by atoms with van der Waals surface area (Å²) in [7, 11) is 0. The van der Waals surface area contributed by atoms with Crippen molar-refractivity contribution in [2.75, 3.05) is 0 Å². The van der Waals surface area contributed by atoms with Gasteiger partial charge in [-0.2, -0.15) is 0 Å². The zero-order valence-corrected chi connectivity index (χ0v) is 11.2. The zero-order valence-electron chi connectivity index (χ0n) is 8.88. The predicted octanol–water partition coefficient (Wildman–Crippen LogP) is 5.18. The van der Waals surface area contributed by atoms with Crippen LogP contribution in [0.3, 0.4) is 0 Å². The fraction of sp³-hybridized carbons (Fsp3) is 0. The van der Waals surface area contributed by atoms with E-state index in [-0.39, 0.29) is 5.56 Å². The van der Waals surface area contributed by atoms with E-state index in [0.717, 1.165) is 0 Å². The minimum absolute atomic E-state index is 0.168. The first-order valence-corrected chi connectivity index (χ1v) is 6.08. The summed E-state index contributed by atoms with van der Waals surface area (Å²) >= 11 is 17.2. The molecule has 0 saturated heterocycles. The Balaban J connectivity index is 2.56. The molecule has 18 heavy (non-hydrogen) atoms. The highest BCUT2D eigenvalue weighted by Crippen LogP contribution is 2.34. The Kier molecular flexibility index (Phi) is 3.91. The number of carbonyl (C=O) groups excluding carboxylic acids is 1. The van der Waals surface area contributed by atoms with Gasteiger partial charge in [-0.25, -0.2) is 4.39 Å². The highest BCUT2D eigenvalue weighted by Gasteiger charge is 2.12. The van der Waals surface area contributed by atoms with Crippen molar-refractivity contribution in [3.8, 4) is 11.1 Å². The maximum Gasteiger partial charge on any atom is 0.255 e. The van der Waals surface area contributed by atoms with Crippen LogP contribution >= 0.6 is 34.8 Å². The van der Waals surface area contributed by atoms with E-state index in [4.69, 9.17) is 34.8 Å². The van der Waals surface area contributed by atoms with Gasteiger partial charge in [0.15, 0.2) is 0 Å². The van der Waals surface area contributed by atoms with Crippen LogP contribution in [0.15, 0.2) is 36.4 Å². The number of hydrogen-bond donors (Lipinski definition) is 0. The standard InChI is InChI=1S/C13H6Cl3FO/c14-10-3-1-2-8(12(10)15)7-4-5-9(13(16)18)11(17)6-7/h1-6H. The SMILES string of the molecule is O=C(Cl)c1ccc(-c2cccc(Cl)c2Cl)cc1F. The van der Waals surface area contributed by atoms with Crippen molar-refractivity contribution in [2.45, 2.75) is 0 Å². The molecule has 0 heterocycles. The van der Waals surface area contributed by atoms with Crippen molar-refractivity contribution in [1.82, 2.24) is 0 Å². The molecular formula is C13H6Cl3FO. The Labute approximate surface area is 118 Å². The van der Waals surface area contributed by atoms with Gasteiger partial charge in [-0.15, -0.1) is 0 Å². The second-order valence-electron chi connectivity index (χ2n) is 3.57. The topological polar surface area (TPSA) is 17.1 Å². The summed E-state index contributed by atoms with van der Waals surface area (Å²) in [6, 6.07) is 9.15. The van der Waals surface area contributed by atoms with Crippen LogP contribution in [0.5, 0.6) is 0 Å². The summed E-state index contributed by atoms with van der Waals surface area (Å²) in [5, 5.41) is -0.119. The van der Waals surface area contributed by atoms with E-state index in [0.29, 0.717) is 21.2 Å². The van der Waals surface area contributed by atoms with Crippen LogP contribution in [0.1, 0.15) is 10.4 Å². The molecule has 0 aliphatic rings. The van der Waals surface area contributed by atoms with Crippen LogP contribution < -0.4 is 0 Å². The Hall–Kier alpha value is -1.09. The Morgan fingerprint density at radius 1 is 1.11 bits per heavy atom. The maximum atomic E-state index is 13.6. The van der Waals surface area contributed by atoms with Gasteiger partial charge in [0.1, 0.15) is 5.82 Å². The van der Waals surface area contributed by atoms with E-state index < -0.39 is 11.1 Å². The summed E-state index contributed by atoms with van der Waals surface area (Å²) in [5.74, 6) is -0.691. The van der Waals surface area contributed by atoms with Crippen LogP contribution in [0.25, 0.3) is 11.1 Å². The minimum atomic E-state index is -0.837. The smallest absolute Gasteiger partial charge is 0.255 e. The molecule has 2 rings (SSSR count). The van der Waals surface area contributed by atoms with Crippen molar-refractivity contribution < 1.29 is 9.18 Å². The van der Waals surface area contributed by atoms with E-state index in [2.05, 4.69) is 0 Å². The third kappa shape index (κ3) is 2.51. The molecule has 0 aliphatic heterocycles. The summed E-state index contributed by atoms with van der Waals surface area (Å²) < 4.78 is 13.6. The van der Waals surface area contributed by atoms with Gasteiger partial charge in [0.2, 0.25) is 0 Å². The molecular weight excluding hydrogens is 297 g/mol. The first kappa shape index (κ1) is 13.3. The monoisotopic (exact) mass is 302 g/mol. The third-order valence-electron chi connectivity index (χ3n) is 2.44. The summed E-state index contributed by atoms with van der Waals surface area (Å²) in [6.07, 6.45) is 0. The number of rotatable bonds is 2. The molecule has 0 atom stereocenters. The summed E-state index contributed by atoms with van der Waals surface area (Å²) in [5.41, 5.74) is 0.955. The molecule has 92 valence electrons. The Morgan fingerprint density at radius 3 is 2.44 bits per heavy atom. The molecule has 0 N–H and O–H groups in total. The van der Waals surface area contributed by atoms with E-state index >= 15 is 0 Å². The lowest BCUT2D eigenvalue weighted by atomic mass is 10.0. The van der Waals surface area contributed by atoms with Crippen molar-refractivity contribution in [2.24, 2.45) is 0 Å². The van der Waals surface area contributed by atoms with Crippen molar-refractivity contribution >= 4 is 40.0 Å². The highest BCUT2D eigenvalue weighted by atomic mass is 35.5. The van der Waals surface area contributed by atoms with Crippen LogP contribution in [-0.2, 0) is 0 Å². The number of halogens is 4. The molecule has 0 radical (unpaired) electrons. The lowest BCUT2D eigenvalue weighted by molar-refractivity contribution is 0.107. The van der Waals surface area contributed by atoms with Crippen LogP contribution in [0, 0.1) is 5.82 Å². The van der Waals surface area contributed by atoms with Gasteiger partial charge in [0.25, 0.3) is 5.24 Å². The fourth-order valence-electron chi connectivity index (χ4n) is 1.57. The van der Waals surface area contributed by atoms with E-state index in [1.165, 1.54) is 12.1 Å². The normalized spacial score (nSPS) is 10.4. The maximum absolute atomic E-state index is 13.6. The molecule has 0 aromatic heterocycles. The number of benzene rings is 2. The van der Waals surface area contributed by atoms with Gasteiger partial charge in [0, 0.05) is 5.56 Å². The number of carbonyl (C=O) groups is 1. The molecule has 0 unspecified atom stereocenters. The van der Waals surface area contributed by atoms with Crippen LogP contribution in [0.2, 0.25) is 10.0 Å². The van der Waals surface area contributed by atoms with Crippen molar-refractivity contribution in [3.63, 3.8) is 0 Å². The highest BCUT2D eigenvalue weighted by molar-refractivity contribution is 6.67. The predicted molar refractivity (Wildman–Crippen MR) is 72.0 cm³/mol. The van der Waals surface area contributed by atoms with Gasteiger partial charge in [-0.3, -0.25) is 4.79 Å². The first-order valence-electron chi connectivity index (χ1n) is 4.94. The number of hydrogen-bond acceptors (Lipinski definition) is 1. The van der Waals surface area contributed by atoms with Gasteiger partial charge in [-0.05, 0) is 35.4 Å². The Morgan fingerprint density at radius 2 is 1.83 bits per heavy atom. The van der Waals surface area contributed by atoms with Crippen molar-refractivity contribution in [1.29, 1.82) is 0 Å². The largest absolute Gasteiger partial charge is 0.275 e. The lowest BCUT2D eigenvalue weighted by Gasteiger charge is -2.07. The molecule has 0 amide bonds. The third-order valence-corrected chi connectivity index (χ3v) is 3.47. The van der Waals surface area contributed by atoms with Crippen LogP contribution in [-0.4, -0.2) is 5.24 Å². The fourth-order valence-corrected chi connectivity index (χ4v) is 2.13. The molecule has 2 aromatic carbocycles. The van der Waals surface area contributed by atoms with Crippen molar-refractivity contribution in [3.05, 3.63) is 57.8 Å². The van der Waals surface area contributed by atoms with E-state index in [9.17, 15) is 9.18 Å². The van der Waals surface area contributed by atoms with E-state index in [1.807, 2.05) is 0 Å². The minimum Gasteiger partial charge on any atom is -0.275 e. The van der Waals surface area contributed by atoms with E-state index in [1.54, 1.807) is 24.3 Å². The first-order chi connectivity index (χ1) is 8.50. The molecule has 0 spiro atoms. The summed E-state index contributed by atoms with van der Waals surface area (Å²) in [6.45, 7) is 0. The van der Waals surface area contributed by atoms with Crippen LogP contribution in [0.4, 0.5) is 4.39 Å². The molecule has 1 nitrogen and oxygen atoms in total. The van der Waals surface area contributed by atoms with Gasteiger partial charge in [-0.1, -0.05) is 41.4 Å². The van der Waals surface area contributed by atoms with Gasteiger partial charge >= 0.3 is 0 Å². The second kappa shape index (κ2) is 5.27. The second-order valence-corrected chi connectivity index (χ2v) is 4.70. The quantitative estimate of drug-likeness (QED) is 0.699. The molecule has 5 heteroatoms. The Bertz CT molecular complexity index is 626. The molecule has 0 aliphatic carbocycles. The molecule has 0 bridgehead atoms. The molecule has 0 saturated carbocycles. The van der Waals surface area contributed by atoms with Gasteiger partial charge in [0.05, 0.1) is 15.6 Å². The molecule has 2 aromatic rings. The average molecular weight is 304 g/mol. The zero-order chi connectivity index (χ0) is 13.3. The average Bonchev–Trinajstić information content (AvgIpc) is 2.32. The summed E-state index contributed by atoms with van der Waals surface area (Å²) in [4.78, 5) is 10.9.